The number of amides is 1. The molecule has 11 heteroatoms. The third-order valence-corrected chi connectivity index (χ3v) is 10.2. The number of ether oxygens (including phenoxy) is 1. The predicted octanol–water partition coefficient (Wildman–Crippen LogP) is 2.72. The maximum atomic E-state index is 15.5. The van der Waals surface area contributed by atoms with E-state index in [0.717, 1.165) is 32.6 Å². The van der Waals surface area contributed by atoms with Gasteiger partial charge < -0.3 is 19.9 Å². The summed E-state index contributed by atoms with van der Waals surface area (Å²) in [5.41, 5.74) is 0.138. The van der Waals surface area contributed by atoms with Gasteiger partial charge in [-0.3, -0.25) is 19.6 Å². The number of piperazine rings is 2. The topological polar surface area (TPSA) is 63.7 Å². The van der Waals surface area contributed by atoms with Gasteiger partial charge in [-0.2, -0.15) is 0 Å². The average molecular weight is 580 g/mol. The van der Waals surface area contributed by atoms with Gasteiger partial charge in [0.2, 0.25) is 0 Å². The van der Waals surface area contributed by atoms with E-state index >= 15 is 4.39 Å². The molecule has 39 heavy (non-hydrogen) atoms. The Morgan fingerprint density at radius 1 is 1.15 bits per heavy atom. The van der Waals surface area contributed by atoms with Gasteiger partial charge in [0.25, 0.3) is 5.91 Å². The molecular weight excluding hydrogens is 542 g/mol. The van der Waals surface area contributed by atoms with Gasteiger partial charge in [0, 0.05) is 80.7 Å². The molecule has 5 aliphatic rings. The molecule has 4 atom stereocenters. The first kappa shape index (κ1) is 27.4. The van der Waals surface area contributed by atoms with Gasteiger partial charge in [0.05, 0.1) is 11.6 Å². The van der Waals surface area contributed by atoms with Crippen molar-refractivity contribution in [1.82, 2.24) is 24.9 Å². The molecule has 0 radical (unpaired) electrons. The van der Waals surface area contributed by atoms with E-state index in [9.17, 15) is 4.79 Å². The highest BCUT2D eigenvalue weighted by atomic mass is 35.5. The van der Waals surface area contributed by atoms with Crippen molar-refractivity contribution in [3.05, 3.63) is 45.9 Å². The molecule has 1 aromatic carbocycles. The van der Waals surface area contributed by atoms with Crippen LogP contribution in [0.2, 0.25) is 5.02 Å². The van der Waals surface area contributed by atoms with E-state index in [1.54, 1.807) is 12.1 Å². The van der Waals surface area contributed by atoms with Crippen molar-refractivity contribution < 1.29 is 13.9 Å². The lowest BCUT2D eigenvalue weighted by molar-refractivity contribution is -0.129. The zero-order valence-electron chi connectivity index (χ0n) is 22.8. The highest BCUT2D eigenvalue weighted by molar-refractivity contribution is 6.32. The third-order valence-electron chi connectivity index (χ3n) is 9.32. The summed E-state index contributed by atoms with van der Waals surface area (Å²) >= 11 is 14.5. The Morgan fingerprint density at radius 2 is 1.92 bits per heavy atom. The molecule has 1 amide bonds. The Kier molecular flexibility index (Phi) is 7.22. The first-order chi connectivity index (χ1) is 18.6. The molecular formula is C28H37Cl2FN6O2. The number of likely N-dealkylation sites (N-methyl/N-ethyl adjacent to an activating group) is 1. The Labute approximate surface area is 239 Å². The molecule has 0 bridgehead atoms. The predicted molar refractivity (Wildman–Crippen MR) is 151 cm³/mol. The summed E-state index contributed by atoms with van der Waals surface area (Å²) in [6, 6.07) is 3.82. The lowest BCUT2D eigenvalue weighted by atomic mass is 9.86. The normalized spacial score (nSPS) is 34.1. The zero-order valence-corrected chi connectivity index (χ0v) is 24.3. The monoisotopic (exact) mass is 578 g/mol. The smallest absolute Gasteiger partial charge is 0.259 e. The van der Waals surface area contributed by atoms with Crippen molar-refractivity contribution in [1.29, 1.82) is 0 Å². The number of nitrogens with one attached hydrogen (secondary N) is 1. The lowest BCUT2D eigenvalue weighted by Crippen LogP contribution is -2.63. The standard InChI is InChI=1S/C28H37Cl2FN6O2/c1-27(2)22(35-13-11-34(3)12-14-35)7-9-37(27)28(30)24(23-20(29)5-4-6-21(23)31)33-16-19-25(28)39-17-18-15-32-8-10-36(18)26(19)38/h4-6,16,18,22,24,32H,7-15,17H2,1-3H3/t18?,22?,24-,28?/m1/s1. The summed E-state index contributed by atoms with van der Waals surface area (Å²) in [6.07, 6.45) is 2.42. The van der Waals surface area contributed by atoms with Crippen molar-refractivity contribution in [2.45, 2.75) is 48.9 Å². The number of dihydropyridines is 1. The number of carbonyl (C=O) groups is 1. The zero-order chi connectivity index (χ0) is 27.5. The molecule has 0 saturated carbocycles. The van der Waals surface area contributed by atoms with Gasteiger partial charge in [0.1, 0.15) is 24.2 Å². The molecule has 5 heterocycles. The number of nitrogens with zero attached hydrogens (tertiary/aromatic N) is 5. The Morgan fingerprint density at radius 3 is 2.67 bits per heavy atom. The number of halogens is 3. The Hall–Kier alpha value is -1.75. The lowest BCUT2D eigenvalue weighted by Gasteiger charge is -2.52. The van der Waals surface area contributed by atoms with Crippen LogP contribution >= 0.6 is 23.2 Å². The van der Waals surface area contributed by atoms with Crippen LogP contribution in [0.3, 0.4) is 0 Å². The van der Waals surface area contributed by atoms with Crippen molar-refractivity contribution in [2.75, 3.05) is 66.0 Å². The van der Waals surface area contributed by atoms with Crippen molar-refractivity contribution in [3.63, 3.8) is 0 Å². The second-order valence-electron chi connectivity index (χ2n) is 11.8. The van der Waals surface area contributed by atoms with E-state index in [2.05, 4.69) is 40.9 Å². The number of benzene rings is 1. The first-order valence-corrected chi connectivity index (χ1v) is 14.6. The fraction of sp³-hybridized carbons (Fsp3) is 0.643. The van der Waals surface area contributed by atoms with Gasteiger partial charge in [0.15, 0.2) is 5.00 Å². The fourth-order valence-electron chi connectivity index (χ4n) is 7.19. The van der Waals surface area contributed by atoms with Crippen molar-refractivity contribution in [3.8, 4) is 0 Å². The SMILES string of the molecule is CN1CCN(C2CCN(C3(Cl)C4=C(C=N[C@@H]3c3c(F)cccc3Cl)C(=O)N3CCNCC3CO4)C2(C)C)CC1. The van der Waals surface area contributed by atoms with Crippen LogP contribution in [-0.4, -0.2) is 120 Å². The molecule has 6 rings (SSSR count). The van der Waals surface area contributed by atoms with E-state index in [0.29, 0.717) is 44.1 Å². The fourth-order valence-corrected chi connectivity index (χ4v) is 8.08. The quantitative estimate of drug-likeness (QED) is 0.439. The molecule has 1 aromatic rings. The molecule has 0 aromatic heterocycles. The average Bonchev–Trinajstić information content (AvgIpc) is 3.15. The third kappa shape index (κ3) is 4.41. The number of hydrogen-bond acceptors (Lipinski definition) is 7. The largest absolute Gasteiger partial charge is 0.491 e. The second kappa shape index (κ2) is 10.3. The highest BCUT2D eigenvalue weighted by Gasteiger charge is 2.61. The minimum Gasteiger partial charge on any atom is -0.491 e. The minimum atomic E-state index is -1.45. The molecule has 212 valence electrons. The van der Waals surface area contributed by atoms with E-state index in [-0.39, 0.29) is 28.6 Å². The van der Waals surface area contributed by atoms with Crippen molar-refractivity contribution >= 4 is 35.3 Å². The summed E-state index contributed by atoms with van der Waals surface area (Å²) in [4.78, 5) is 26.2. The van der Waals surface area contributed by atoms with E-state index in [1.165, 1.54) is 12.3 Å². The molecule has 0 spiro atoms. The van der Waals surface area contributed by atoms with E-state index in [4.69, 9.17) is 32.9 Å². The molecule has 1 N–H and O–H groups in total. The van der Waals surface area contributed by atoms with Gasteiger partial charge in [-0.05, 0) is 39.4 Å². The Balaban J connectivity index is 1.46. The van der Waals surface area contributed by atoms with Crippen LogP contribution < -0.4 is 5.32 Å². The van der Waals surface area contributed by atoms with Crippen LogP contribution in [-0.2, 0) is 9.53 Å². The number of rotatable bonds is 3. The summed E-state index contributed by atoms with van der Waals surface area (Å²) in [5.74, 6) is -0.267. The molecule has 5 aliphatic heterocycles. The van der Waals surface area contributed by atoms with Crippen LogP contribution in [0.15, 0.2) is 34.5 Å². The maximum absolute atomic E-state index is 15.5. The number of aliphatic imine (C=N–C) groups is 1. The number of hydrogen-bond donors (Lipinski definition) is 1. The Bertz CT molecular complexity index is 1180. The maximum Gasteiger partial charge on any atom is 0.259 e. The molecule has 3 saturated heterocycles. The molecule has 0 aliphatic carbocycles. The van der Waals surface area contributed by atoms with Gasteiger partial charge >= 0.3 is 0 Å². The second-order valence-corrected chi connectivity index (χ2v) is 12.8. The van der Waals surface area contributed by atoms with Gasteiger partial charge in [-0.15, -0.1) is 0 Å². The van der Waals surface area contributed by atoms with Crippen LogP contribution in [0.5, 0.6) is 0 Å². The molecule has 3 fully saturated rings. The molecule has 3 unspecified atom stereocenters. The van der Waals surface area contributed by atoms with Crippen LogP contribution in [0.4, 0.5) is 4.39 Å². The minimum absolute atomic E-state index is 0.119. The first-order valence-electron chi connectivity index (χ1n) is 13.9. The summed E-state index contributed by atoms with van der Waals surface area (Å²) in [5, 5.41) is 3.60. The summed E-state index contributed by atoms with van der Waals surface area (Å²) in [7, 11) is 2.15. The summed E-state index contributed by atoms with van der Waals surface area (Å²) in [6.45, 7) is 11.2. The number of carbonyl (C=O) groups excluding carboxylic acids is 1. The van der Waals surface area contributed by atoms with Crippen LogP contribution in [0, 0.1) is 5.82 Å². The number of alkyl halides is 1. The number of fused-ring (bicyclic) bond motifs is 1. The highest BCUT2D eigenvalue weighted by Crippen LogP contribution is 2.54. The van der Waals surface area contributed by atoms with Crippen LogP contribution in [0.25, 0.3) is 0 Å². The van der Waals surface area contributed by atoms with Gasteiger partial charge in [-0.25, -0.2) is 4.39 Å². The number of likely N-dealkylation sites (tertiary alicyclic amines) is 1. The van der Waals surface area contributed by atoms with Gasteiger partial charge in [-0.1, -0.05) is 29.3 Å². The summed E-state index contributed by atoms with van der Waals surface area (Å²) < 4.78 is 22.0. The van der Waals surface area contributed by atoms with E-state index in [1.807, 2.05) is 4.90 Å². The van der Waals surface area contributed by atoms with E-state index < -0.39 is 22.4 Å². The van der Waals surface area contributed by atoms with Crippen LogP contribution in [0.1, 0.15) is 31.9 Å². The van der Waals surface area contributed by atoms with Crippen molar-refractivity contribution in [2.24, 2.45) is 4.99 Å². The molecule has 8 nitrogen and oxygen atoms in total.